The van der Waals surface area contributed by atoms with Crippen LogP contribution < -0.4 is 5.73 Å². The Morgan fingerprint density at radius 3 is 2.25 bits per heavy atom. The molecule has 1 amide bonds. The Labute approximate surface area is 114 Å². The number of hydrogen-bond acceptors (Lipinski definition) is 2. The Kier molecular flexibility index (Phi) is 3.20. The molecule has 2 fully saturated rings. The van der Waals surface area contributed by atoms with Gasteiger partial charge in [-0.25, -0.2) is 13.2 Å². The third-order valence-corrected chi connectivity index (χ3v) is 3.97. The first-order chi connectivity index (χ1) is 9.49. The van der Waals surface area contributed by atoms with E-state index in [1.54, 1.807) is 4.90 Å². The van der Waals surface area contributed by atoms with E-state index in [9.17, 15) is 18.0 Å². The van der Waals surface area contributed by atoms with Gasteiger partial charge in [-0.1, -0.05) is 0 Å². The number of carbonyl (C=O) groups is 1. The zero-order valence-corrected chi connectivity index (χ0v) is 10.8. The summed E-state index contributed by atoms with van der Waals surface area (Å²) in [6.07, 6.45) is 2.57. The van der Waals surface area contributed by atoms with Crippen molar-refractivity contribution >= 4 is 5.91 Å². The van der Waals surface area contributed by atoms with Gasteiger partial charge in [-0.3, -0.25) is 4.79 Å². The first-order valence-electron chi connectivity index (χ1n) is 6.70. The lowest BCUT2D eigenvalue weighted by Crippen LogP contribution is -2.49. The van der Waals surface area contributed by atoms with Crippen molar-refractivity contribution in [2.24, 2.45) is 5.73 Å². The second-order valence-electron chi connectivity index (χ2n) is 5.48. The van der Waals surface area contributed by atoms with Crippen molar-refractivity contribution in [1.82, 2.24) is 4.90 Å². The van der Waals surface area contributed by atoms with Crippen LogP contribution in [0.15, 0.2) is 12.1 Å². The zero-order valence-electron chi connectivity index (χ0n) is 10.8. The maximum absolute atomic E-state index is 13.4. The predicted molar refractivity (Wildman–Crippen MR) is 66.1 cm³/mol. The number of likely N-dealkylation sites (tertiary alicyclic amines) is 1. The molecule has 0 radical (unpaired) electrons. The van der Waals surface area contributed by atoms with E-state index in [0.29, 0.717) is 12.8 Å². The summed E-state index contributed by atoms with van der Waals surface area (Å²) in [5, 5.41) is 0. The Bertz CT molecular complexity index is 536. The highest BCUT2D eigenvalue weighted by Gasteiger charge is 2.43. The van der Waals surface area contributed by atoms with Crippen LogP contribution in [0.1, 0.15) is 37.3 Å². The molecule has 0 spiro atoms. The van der Waals surface area contributed by atoms with E-state index in [1.807, 2.05) is 0 Å². The predicted octanol–water partition coefficient (Wildman–Crippen LogP) is 2.26. The van der Waals surface area contributed by atoms with Gasteiger partial charge in [0, 0.05) is 18.5 Å². The summed E-state index contributed by atoms with van der Waals surface area (Å²) in [5.74, 6) is -4.05. The fourth-order valence-electron chi connectivity index (χ4n) is 2.88. The number of benzene rings is 1. The van der Waals surface area contributed by atoms with Crippen LogP contribution in [0.25, 0.3) is 0 Å². The topological polar surface area (TPSA) is 46.3 Å². The maximum atomic E-state index is 13.4. The van der Waals surface area contributed by atoms with Crippen molar-refractivity contribution in [3.05, 3.63) is 35.1 Å². The van der Waals surface area contributed by atoms with Gasteiger partial charge in [0.15, 0.2) is 17.5 Å². The lowest BCUT2D eigenvalue weighted by atomic mass is 9.90. The molecule has 108 valence electrons. The first-order valence-corrected chi connectivity index (χ1v) is 6.70. The van der Waals surface area contributed by atoms with Crippen LogP contribution >= 0.6 is 0 Å². The molecular formula is C14H15F3N2O. The molecule has 1 saturated heterocycles. The molecule has 20 heavy (non-hydrogen) atoms. The molecule has 2 unspecified atom stereocenters. The van der Waals surface area contributed by atoms with Crippen LogP contribution in [0.3, 0.4) is 0 Å². The molecule has 3 rings (SSSR count). The minimum Gasteiger partial charge on any atom is -0.331 e. The van der Waals surface area contributed by atoms with E-state index >= 15 is 0 Å². The van der Waals surface area contributed by atoms with Gasteiger partial charge >= 0.3 is 0 Å². The number of halogens is 3. The zero-order chi connectivity index (χ0) is 14.4. The van der Waals surface area contributed by atoms with E-state index in [2.05, 4.69) is 0 Å². The average Bonchev–Trinajstić information content (AvgIpc) is 3.22. The summed E-state index contributed by atoms with van der Waals surface area (Å²) in [5.41, 5.74) is 6.27. The molecule has 1 heterocycles. The van der Waals surface area contributed by atoms with E-state index in [4.69, 9.17) is 5.73 Å². The molecule has 6 heteroatoms. The minimum absolute atomic E-state index is 0.0515. The third-order valence-electron chi connectivity index (χ3n) is 3.97. The average molecular weight is 284 g/mol. The maximum Gasteiger partial charge on any atom is 0.223 e. The Balaban J connectivity index is 2.02. The number of carbonyl (C=O) groups excluding carboxylic acids is 1. The highest BCUT2D eigenvalue weighted by atomic mass is 19.2. The monoisotopic (exact) mass is 284 g/mol. The number of rotatable bonds is 2. The van der Waals surface area contributed by atoms with Gasteiger partial charge in [-0.05, 0) is 37.0 Å². The summed E-state index contributed by atoms with van der Waals surface area (Å²) in [7, 11) is 0. The minimum atomic E-state index is -1.50. The SMILES string of the molecule is NC1CCC(=O)N(C2CC2)C1c1cc(F)c(F)c(F)c1. The number of hydrogen-bond donors (Lipinski definition) is 1. The highest BCUT2D eigenvalue weighted by molar-refractivity contribution is 5.78. The van der Waals surface area contributed by atoms with Gasteiger partial charge in [0.25, 0.3) is 0 Å². The van der Waals surface area contributed by atoms with E-state index in [-0.39, 0.29) is 17.5 Å². The van der Waals surface area contributed by atoms with Gasteiger partial charge in [0.05, 0.1) is 6.04 Å². The second kappa shape index (κ2) is 4.77. The summed E-state index contributed by atoms with van der Waals surface area (Å²) in [6.45, 7) is 0. The van der Waals surface area contributed by atoms with Crippen molar-refractivity contribution in [3.8, 4) is 0 Å². The van der Waals surface area contributed by atoms with E-state index in [1.165, 1.54) is 0 Å². The van der Waals surface area contributed by atoms with Crippen molar-refractivity contribution < 1.29 is 18.0 Å². The van der Waals surface area contributed by atoms with Crippen LogP contribution in [0.2, 0.25) is 0 Å². The van der Waals surface area contributed by atoms with Gasteiger partial charge in [-0.15, -0.1) is 0 Å². The smallest absolute Gasteiger partial charge is 0.223 e. The van der Waals surface area contributed by atoms with Gasteiger partial charge in [0.1, 0.15) is 0 Å². The van der Waals surface area contributed by atoms with Crippen LogP contribution in [0, 0.1) is 17.5 Å². The van der Waals surface area contributed by atoms with Gasteiger partial charge in [0.2, 0.25) is 5.91 Å². The molecule has 1 saturated carbocycles. The molecule has 3 nitrogen and oxygen atoms in total. The van der Waals surface area contributed by atoms with Crippen LogP contribution in [-0.4, -0.2) is 22.9 Å². The van der Waals surface area contributed by atoms with E-state index < -0.39 is 29.5 Å². The van der Waals surface area contributed by atoms with Crippen molar-refractivity contribution in [2.75, 3.05) is 0 Å². The molecule has 1 aliphatic heterocycles. The molecule has 2 atom stereocenters. The lowest BCUT2D eigenvalue weighted by Gasteiger charge is -2.40. The molecule has 2 aliphatic rings. The summed E-state index contributed by atoms with van der Waals surface area (Å²) < 4.78 is 39.9. The summed E-state index contributed by atoms with van der Waals surface area (Å²) >= 11 is 0. The molecule has 1 aromatic carbocycles. The van der Waals surface area contributed by atoms with Crippen molar-refractivity contribution in [3.63, 3.8) is 0 Å². The molecule has 1 aliphatic carbocycles. The first kappa shape index (κ1) is 13.4. The van der Waals surface area contributed by atoms with Gasteiger partial charge in [-0.2, -0.15) is 0 Å². The van der Waals surface area contributed by atoms with Crippen LogP contribution in [0.5, 0.6) is 0 Å². The Morgan fingerprint density at radius 1 is 1.10 bits per heavy atom. The second-order valence-corrected chi connectivity index (χ2v) is 5.48. The molecule has 0 aromatic heterocycles. The standard InChI is InChI=1S/C14H15F3N2O/c15-9-5-7(6-10(16)13(9)17)14-11(18)3-4-12(20)19(14)8-1-2-8/h5-6,8,11,14H,1-4,18H2. The normalized spacial score (nSPS) is 27.0. The number of nitrogens with two attached hydrogens (primary N) is 1. The van der Waals surface area contributed by atoms with Crippen molar-refractivity contribution in [1.29, 1.82) is 0 Å². The quantitative estimate of drug-likeness (QED) is 0.847. The number of amides is 1. The van der Waals surface area contributed by atoms with E-state index in [0.717, 1.165) is 25.0 Å². The summed E-state index contributed by atoms with van der Waals surface area (Å²) in [4.78, 5) is 13.7. The van der Waals surface area contributed by atoms with Crippen LogP contribution in [-0.2, 0) is 4.79 Å². The molecular weight excluding hydrogens is 269 g/mol. The third kappa shape index (κ3) is 2.18. The molecule has 2 N–H and O–H groups in total. The molecule has 0 bridgehead atoms. The number of piperidine rings is 1. The highest BCUT2D eigenvalue weighted by Crippen LogP contribution is 2.40. The molecule has 1 aromatic rings. The summed E-state index contributed by atoms with van der Waals surface area (Å²) in [6, 6.07) is 1.01. The Morgan fingerprint density at radius 2 is 1.70 bits per heavy atom. The van der Waals surface area contributed by atoms with Gasteiger partial charge < -0.3 is 10.6 Å². The van der Waals surface area contributed by atoms with Crippen LogP contribution in [0.4, 0.5) is 13.2 Å². The fraction of sp³-hybridized carbons (Fsp3) is 0.500. The fourth-order valence-corrected chi connectivity index (χ4v) is 2.88. The lowest BCUT2D eigenvalue weighted by molar-refractivity contribution is -0.138. The largest absolute Gasteiger partial charge is 0.331 e. The Hall–Kier alpha value is -1.56. The van der Waals surface area contributed by atoms with Crippen molar-refractivity contribution in [2.45, 2.75) is 43.8 Å². The number of nitrogens with zero attached hydrogens (tertiary/aromatic N) is 1.